The Balaban J connectivity index is 1.67. The molecule has 1 amide bonds. The Morgan fingerprint density at radius 2 is 2.20 bits per heavy atom. The van der Waals surface area contributed by atoms with Crippen LogP contribution in [0.5, 0.6) is 5.88 Å². The average molecular weight is 292 g/mol. The van der Waals surface area contributed by atoms with E-state index in [-0.39, 0.29) is 12.0 Å². The monoisotopic (exact) mass is 292 g/mol. The molecular weight excluding hydrogens is 272 g/mol. The van der Waals surface area contributed by atoms with Crippen molar-refractivity contribution in [2.75, 3.05) is 24.6 Å². The van der Waals surface area contributed by atoms with Crippen LogP contribution in [0.2, 0.25) is 0 Å². The van der Waals surface area contributed by atoms with Gasteiger partial charge in [0.05, 0.1) is 0 Å². The van der Waals surface area contributed by atoms with Gasteiger partial charge in [-0.05, 0) is 37.5 Å². The molecule has 5 heteroatoms. The quantitative estimate of drug-likeness (QED) is 0.859. The third-order valence-corrected chi connectivity index (χ3v) is 4.93. The molecule has 0 unspecified atom stereocenters. The Kier molecular flexibility index (Phi) is 4.45. The van der Waals surface area contributed by atoms with Crippen LogP contribution in [0.15, 0.2) is 18.3 Å². The van der Waals surface area contributed by atoms with Gasteiger partial charge in [-0.3, -0.25) is 4.79 Å². The number of carbonyl (C=O) groups excluding carboxylic acids is 1. The Morgan fingerprint density at radius 1 is 1.35 bits per heavy atom. The van der Waals surface area contributed by atoms with Crippen LogP contribution in [0, 0.1) is 0 Å². The second kappa shape index (κ2) is 6.48. The van der Waals surface area contributed by atoms with Crippen molar-refractivity contribution < 1.29 is 9.53 Å². The van der Waals surface area contributed by atoms with E-state index in [0.717, 1.165) is 43.9 Å². The molecule has 0 bridgehead atoms. The molecule has 4 nitrogen and oxygen atoms in total. The molecule has 3 heterocycles. The highest BCUT2D eigenvalue weighted by atomic mass is 32.2. The SMILES string of the molecule is O=C(c1ccnc(O[C@H]2CCSC2)c1)N1CCCCC1. The minimum atomic E-state index is 0.109. The number of likely N-dealkylation sites (tertiary alicyclic amines) is 1. The van der Waals surface area contributed by atoms with Crippen LogP contribution >= 0.6 is 11.8 Å². The summed E-state index contributed by atoms with van der Waals surface area (Å²) in [4.78, 5) is 18.6. The largest absolute Gasteiger partial charge is 0.473 e. The summed E-state index contributed by atoms with van der Waals surface area (Å²) >= 11 is 1.91. The van der Waals surface area contributed by atoms with Crippen molar-refractivity contribution in [3.05, 3.63) is 23.9 Å². The van der Waals surface area contributed by atoms with Gasteiger partial charge in [0.2, 0.25) is 5.88 Å². The molecule has 0 spiro atoms. The second-order valence-electron chi connectivity index (χ2n) is 5.34. The zero-order valence-corrected chi connectivity index (χ0v) is 12.4. The van der Waals surface area contributed by atoms with Gasteiger partial charge in [0.1, 0.15) is 6.10 Å². The van der Waals surface area contributed by atoms with Gasteiger partial charge in [0, 0.05) is 36.7 Å². The normalized spacial score (nSPS) is 22.8. The van der Waals surface area contributed by atoms with E-state index in [1.54, 1.807) is 18.3 Å². The predicted octanol–water partition coefficient (Wildman–Crippen LogP) is 2.59. The fourth-order valence-electron chi connectivity index (χ4n) is 2.66. The van der Waals surface area contributed by atoms with Crippen molar-refractivity contribution in [3.63, 3.8) is 0 Å². The Labute approximate surface area is 123 Å². The standard InChI is InChI=1S/C15H20N2O2S/c18-15(17-7-2-1-3-8-17)12-4-6-16-14(10-12)19-13-5-9-20-11-13/h4,6,10,13H,1-3,5,7-9,11H2/t13-/m0/s1. The van der Waals surface area contributed by atoms with E-state index >= 15 is 0 Å². The molecule has 1 aromatic heterocycles. The van der Waals surface area contributed by atoms with Gasteiger partial charge in [0.25, 0.3) is 5.91 Å². The molecular formula is C15H20N2O2S. The lowest BCUT2D eigenvalue weighted by Gasteiger charge is -2.26. The molecule has 2 aliphatic rings. The molecule has 0 aromatic carbocycles. The van der Waals surface area contributed by atoms with Gasteiger partial charge in [-0.15, -0.1) is 0 Å². The summed E-state index contributed by atoms with van der Waals surface area (Å²) in [5.41, 5.74) is 0.697. The van der Waals surface area contributed by atoms with E-state index < -0.39 is 0 Å². The van der Waals surface area contributed by atoms with Crippen LogP contribution in [0.1, 0.15) is 36.0 Å². The minimum Gasteiger partial charge on any atom is -0.473 e. The van der Waals surface area contributed by atoms with Crippen molar-refractivity contribution in [2.45, 2.75) is 31.8 Å². The zero-order valence-electron chi connectivity index (χ0n) is 11.6. The summed E-state index contributed by atoms with van der Waals surface area (Å²) in [6.45, 7) is 1.74. The number of rotatable bonds is 3. The minimum absolute atomic E-state index is 0.109. The van der Waals surface area contributed by atoms with E-state index in [4.69, 9.17) is 4.74 Å². The van der Waals surface area contributed by atoms with Gasteiger partial charge >= 0.3 is 0 Å². The number of amides is 1. The molecule has 0 aliphatic carbocycles. The number of pyridine rings is 1. The molecule has 20 heavy (non-hydrogen) atoms. The topological polar surface area (TPSA) is 42.4 Å². The van der Waals surface area contributed by atoms with Crippen LogP contribution < -0.4 is 4.74 Å². The number of hydrogen-bond acceptors (Lipinski definition) is 4. The van der Waals surface area contributed by atoms with Gasteiger partial charge < -0.3 is 9.64 Å². The molecule has 2 aliphatic heterocycles. The lowest BCUT2D eigenvalue weighted by Crippen LogP contribution is -2.35. The van der Waals surface area contributed by atoms with E-state index in [1.807, 2.05) is 16.7 Å². The van der Waals surface area contributed by atoms with E-state index in [1.165, 1.54) is 6.42 Å². The Morgan fingerprint density at radius 3 is 2.95 bits per heavy atom. The highest BCUT2D eigenvalue weighted by Crippen LogP contribution is 2.23. The number of hydrogen-bond donors (Lipinski definition) is 0. The van der Waals surface area contributed by atoms with Crippen molar-refractivity contribution >= 4 is 17.7 Å². The summed E-state index contributed by atoms with van der Waals surface area (Å²) < 4.78 is 5.85. The summed E-state index contributed by atoms with van der Waals surface area (Å²) in [6.07, 6.45) is 6.44. The first kappa shape index (κ1) is 13.7. The molecule has 108 valence electrons. The van der Waals surface area contributed by atoms with Crippen molar-refractivity contribution in [2.24, 2.45) is 0 Å². The lowest BCUT2D eigenvalue weighted by molar-refractivity contribution is 0.0723. The van der Waals surface area contributed by atoms with Crippen molar-refractivity contribution in [3.8, 4) is 5.88 Å². The zero-order chi connectivity index (χ0) is 13.8. The van der Waals surface area contributed by atoms with Crippen LogP contribution in [-0.4, -0.2) is 46.5 Å². The highest BCUT2D eigenvalue weighted by molar-refractivity contribution is 7.99. The van der Waals surface area contributed by atoms with Gasteiger partial charge in [-0.1, -0.05) is 0 Å². The molecule has 1 aromatic rings. The molecule has 2 fully saturated rings. The van der Waals surface area contributed by atoms with E-state index in [0.29, 0.717) is 11.4 Å². The van der Waals surface area contributed by atoms with Crippen molar-refractivity contribution in [1.82, 2.24) is 9.88 Å². The van der Waals surface area contributed by atoms with Crippen LogP contribution in [-0.2, 0) is 0 Å². The summed E-state index contributed by atoms with van der Waals surface area (Å²) in [5, 5.41) is 0. The number of thioether (sulfide) groups is 1. The Bertz CT molecular complexity index is 469. The van der Waals surface area contributed by atoms with Gasteiger partial charge in [-0.2, -0.15) is 11.8 Å². The maximum atomic E-state index is 12.4. The maximum absolute atomic E-state index is 12.4. The highest BCUT2D eigenvalue weighted by Gasteiger charge is 2.21. The lowest BCUT2D eigenvalue weighted by atomic mass is 10.1. The molecule has 0 N–H and O–H groups in total. The smallest absolute Gasteiger partial charge is 0.254 e. The maximum Gasteiger partial charge on any atom is 0.254 e. The Hall–Kier alpha value is -1.23. The molecule has 0 saturated carbocycles. The van der Waals surface area contributed by atoms with E-state index in [2.05, 4.69) is 4.98 Å². The third kappa shape index (κ3) is 3.26. The number of nitrogens with zero attached hydrogens (tertiary/aromatic N) is 2. The first-order valence-electron chi connectivity index (χ1n) is 7.33. The molecule has 0 radical (unpaired) electrons. The van der Waals surface area contributed by atoms with Crippen molar-refractivity contribution in [1.29, 1.82) is 0 Å². The third-order valence-electron chi connectivity index (χ3n) is 3.80. The van der Waals surface area contributed by atoms with Crippen LogP contribution in [0.4, 0.5) is 0 Å². The van der Waals surface area contributed by atoms with Crippen LogP contribution in [0.3, 0.4) is 0 Å². The number of carbonyl (C=O) groups is 1. The fraction of sp³-hybridized carbons (Fsp3) is 0.600. The molecule has 1 atom stereocenters. The van der Waals surface area contributed by atoms with Gasteiger partial charge in [0.15, 0.2) is 0 Å². The first-order valence-corrected chi connectivity index (χ1v) is 8.48. The average Bonchev–Trinajstić information content (AvgIpc) is 3.01. The first-order chi connectivity index (χ1) is 9.83. The fourth-order valence-corrected chi connectivity index (χ4v) is 3.76. The summed E-state index contributed by atoms with van der Waals surface area (Å²) in [6, 6.07) is 3.58. The second-order valence-corrected chi connectivity index (χ2v) is 6.49. The molecule has 3 rings (SSSR count). The van der Waals surface area contributed by atoms with Crippen LogP contribution in [0.25, 0.3) is 0 Å². The van der Waals surface area contributed by atoms with Gasteiger partial charge in [-0.25, -0.2) is 4.98 Å². The summed E-state index contributed by atoms with van der Waals surface area (Å²) in [7, 11) is 0. The molecule has 2 saturated heterocycles. The van der Waals surface area contributed by atoms with E-state index in [9.17, 15) is 4.79 Å². The number of ether oxygens (including phenoxy) is 1. The summed E-state index contributed by atoms with van der Waals surface area (Å²) in [5.74, 6) is 2.86. The number of piperidine rings is 1. The predicted molar refractivity (Wildman–Crippen MR) is 80.3 cm³/mol. The number of aromatic nitrogens is 1.